The molecule has 0 bridgehead atoms. The largest absolute Gasteiger partial charge is 0.416 e. The van der Waals surface area contributed by atoms with E-state index < -0.39 is 17.6 Å². The molecule has 0 saturated heterocycles. The van der Waals surface area contributed by atoms with Gasteiger partial charge in [0.1, 0.15) is 18.0 Å². The van der Waals surface area contributed by atoms with E-state index in [0.717, 1.165) is 6.07 Å². The lowest BCUT2D eigenvalue weighted by Crippen LogP contribution is -2.24. The standard InChI is InChI=1S/C28H25F3N8O/c1-4-33-18-11-21-22(23(12-18)28(29,30)31)14-39(27(21)40)25-10-17(9-24(36-25)34-5-2)19-7-6-16(13-32)8-20(19)26-37-35-15-38(26)3/h6-12,15,33H,4-5,14H2,1-3H3,(H,34,36). The van der Waals surface area contributed by atoms with E-state index in [9.17, 15) is 23.2 Å². The monoisotopic (exact) mass is 546 g/mol. The van der Waals surface area contributed by atoms with Gasteiger partial charge in [-0.3, -0.25) is 9.69 Å². The number of carbonyl (C=O) groups excluding carboxylic acids is 1. The number of hydrogen-bond donors (Lipinski definition) is 2. The summed E-state index contributed by atoms with van der Waals surface area (Å²) in [6.45, 7) is 4.31. The van der Waals surface area contributed by atoms with Gasteiger partial charge in [0, 0.05) is 37.0 Å². The lowest BCUT2D eigenvalue weighted by molar-refractivity contribution is -0.138. The predicted octanol–water partition coefficient (Wildman–Crippen LogP) is 5.46. The number of nitrogens with one attached hydrogen (secondary N) is 2. The van der Waals surface area contributed by atoms with Crippen LogP contribution < -0.4 is 15.5 Å². The molecule has 5 rings (SSSR count). The van der Waals surface area contributed by atoms with E-state index in [1.165, 1.54) is 11.0 Å². The van der Waals surface area contributed by atoms with Crippen molar-refractivity contribution in [1.29, 1.82) is 5.26 Å². The molecule has 2 aromatic heterocycles. The van der Waals surface area contributed by atoms with Crippen LogP contribution in [0.2, 0.25) is 0 Å². The predicted molar refractivity (Wildman–Crippen MR) is 145 cm³/mol. The Hall–Kier alpha value is -4.92. The van der Waals surface area contributed by atoms with Crippen molar-refractivity contribution in [1.82, 2.24) is 19.7 Å². The molecule has 9 nitrogen and oxygen atoms in total. The summed E-state index contributed by atoms with van der Waals surface area (Å²) in [5.41, 5.74) is 1.65. The Balaban J connectivity index is 1.65. The zero-order valence-electron chi connectivity index (χ0n) is 22.0. The molecule has 12 heteroatoms. The first-order valence-corrected chi connectivity index (χ1v) is 12.6. The number of aryl methyl sites for hydroxylation is 1. The molecule has 2 N–H and O–H groups in total. The van der Waals surface area contributed by atoms with Gasteiger partial charge in [-0.05, 0) is 66.9 Å². The maximum atomic E-state index is 14.0. The zero-order chi connectivity index (χ0) is 28.6. The highest BCUT2D eigenvalue weighted by atomic mass is 19.4. The number of rotatable bonds is 7. The molecule has 1 aliphatic heterocycles. The molecule has 0 spiro atoms. The number of benzene rings is 2. The number of pyridine rings is 1. The third kappa shape index (κ3) is 4.82. The third-order valence-corrected chi connectivity index (χ3v) is 6.59. The normalized spacial score (nSPS) is 12.8. The van der Waals surface area contributed by atoms with Gasteiger partial charge in [0.2, 0.25) is 0 Å². The molecule has 3 heterocycles. The van der Waals surface area contributed by atoms with Gasteiger partial charge >= 0.3 is 6.18 Å². The fourth-order valence-corrected chi connectivity index (χ4v) is 4.81. The second kappa shape index (κ2) is 10.3. The van der Waals surface area contributed by atoms with Crippen LogP contribution in [0.15, 0.2) is 48.8 Å². The molecule has 40 heavy (non-hydrogen) atoms. The van der Waals surface area contributed by atoms with Gasteiger partial charge in [-0.2, -0.15) is 18.4 Å². The molecule has 0 atom stereocenters. The summed E-state index contributed by atoms with van der Waals surface area (Å²) >= 11 is 0. The Bertz CT molecular complexity index is 1650. The first-order chi connectivity index (χ1) is 19.1. The number of amides is 1. The SMILES string of the molecule is CCNc1cc2c(c(C(F)(F)F)c1)CN(c1cc(-c3ccc(C#N)cc3-c3nncn3C)cc(NCC)n1)C2=O. The Kier molecular flexibility index (Phi) is 6.89. The molecular formula is C28H25F3N8O. The van der Waals surface area contributed by atoms with E-state index in [1.807, 2.05) is 6.92 Å². The molecule has 1 amide bonds. The van der Waals surface area contributed by atoms with Gasteiger partial charge in [0.15, 0.2) is 5.82 Å². The number of fused-ring (bicyclic) bond motifs is 1. The topological polar surface area (TPSA) is 112 Å². The average Bonchev–Trinajstić information content (AvgIpc) is 3.50. The number of halogens is 3. The van der Waals surface area contributed by atoms with Crippen LogP contribution in [0, 0.1) is 11.3 Å². The van der Waals surface area contributed by atoms with Crippen molar-refractivity contribution in [3.63, 3.8) is 0 Å². The van der Waals surface area contributed by atoms with E-state index in [4.69, 9.17) is 0 Å². The first-order valence-electron chi connectivity index (χ1n) is 12.6. The van der Waals surface area contributed by atoms with Gasteiger partial charge in [-0.25, -0.2) is 4.98 Å². The number of hydrogen-bond acceptors (Lipinski definition) is 7. The summed E-state index contributed by atoms with van der Waals surface area (Å²) in [5, 5.41) is 23.7. The smallest absolute Gasteiger partial charge is 0.385 e. The summed E-state index contributed by atoms with van der Waals surface area (Å²) < 4.78 is 43.8. The van der Waals surface area contributed by atoms with Crippen LogP contribution in [0.4, 0.5) is 30.5 Å². The van der Waals surface area contributed by atoms with E-state index in [-0.39, 0.29) is 29.2 Å². The van der Waals surface area contributed by atoms with Gasteiger partial charge in [-0.15, -0.1) is 10.2 Å². The van der Waals surface area contributed by atoms with E-state index >= 15 is 0 Å². The summed E-state index contributed by atoms with van der Waals surface area (Å²) in [5.74, 6) is 0.587. The Morgan fingerprint density at radius 3 is 2.45 bits per heavy atom. The Morgan fingerprint density at radius 2 is 1.80 bits per heavy atom. The maximum Gasteiger partial charge on any atom is 0.416 e. The van der Waals surface area contributed by atoms with Crippen LogP contribution in [0.3, 0.4) is 0 Å². The number of anilines is 3. The minimum absolute atomic E-state index is 0.0128. The second-order valence-corrected chi connectivity index (χ2v) is 9.24. The van der Waals surface area contributed by atoms with Gasteiger partial charge in [0.05, 0.1) is 23.7 Å². The molecule has 4 aromatic rings. The highest BCUT2D eigenvalue weighted by Gasteiger charge is 2.41. The van der Waals surface area contributed by atoms with Crippen LogP contribution in [-0.2, 0) is 19.8 Å². The van der Waals surface area contributed by atoms with Crippen molar-refractivity contribution < 1.29 is 18.0 Å². The fourth-order valence-electron chi connectivity index (χ4n) is 4.81. The van der Waals surface area contributed by atoms with Gasteiger partial charge in [0.25, 0.3) is 5.91 Å². The summed E-state index contributed by atoms with van der Waals surface area (Å²) in [4.78, 5) is 19.4. The van der Waals surface area contributed by atoms with Crippen molar-refractivity contribution in [3.05, 3.63) is 71.0 Å². The molecule has 0 saturated carbocycles. The van der Waals surface area contributed by atoms with Crippen molar-refractivity contribution in [3.8, 4) is 28.6 Å². The minimum atomic E-state index is -4.64. The molecule has 204 valence electrons. The van der Waals surface area contributed by atoms with Crippen molar-refractivity contribution in [2.45, 2.75) is 26.6 Å². The van der Waals surface area contributed by atoms with Gasteiger partial charge < -0.3 is 15.2 Å². The van der Waals surface area contributed by atoms with Crippen LogP contribution in [-0.4, -0.2) is 38.7 Å². The average molecular weight is 547 g/mol. The van der Waals surface area contributed by atoms with E-state index in [2.05, 4.69) is 31.9 Å². The highest BCUT2D eigenvalue weighted by Crippen LogP contribution is 2.41. The Morgan fingerprint density at radius 1 is 1.02 bits per heavy atom. The van der Waals surface area contributed by atoms with Crippen molar-refractivity contribution in [2.75, 3.05) is 28.6 Å². The molecule has 1 aliphatic rings. The number of nitrogens with zero attached hydrogens (tertiary/aromatic N) is 6. The summed E-state index contributed by atoms with van der Waals surface area (Å²) in [7, 11) is 1.78. The van der Waals surface area contributed by atoms with Crippen LogP contribution >= 0.6 is 0 Å². The number of carbonyl (C=O) groups is 1. The quantitative estimate of drug-likeness (QED) is 0.317. The second-order valence-electron chi connectivity index (χ2n) is 9.24. The lowest BCUT2D eigenvalue weighted by Gasteiger charge is -2.19. The third-order valence-electron chi connectivity index (χ3n) is 6.59. The molecular weight excluding hydrogens is 521 g/mol. The molecule has 0 unspecified atom stereocenters. The molecule has 2 aromatic carbocycles. The van der Waals surface area contributed by atoms with Crippen molar-refractivity contribution >= 4 is 23.2 Å². The fraction of sp³-hybridized carbons (Fsp3) is 0.250. The van der Waals surface area contributed by atoms with Gasteiger partial charge in [-0.1, -0.05) is 6.07 Å². The van der Waals surface area contributed by atoms with Crippen LogP contribution in [0.25, 0.3) is 22.5 Å². The van der Waals surface area contributed by atoms with Crippen LogP contribution in [0.1, 0.15) is 40.9 Å². The molecule has 0 radical (unpaired) electrons. The summed E-state index contributed by atoms with van der Waals surface area (Å²) in [6, 6.07) is 13.2. The minimum Gasteiger partial charge on any atom is -0.385 e. The maximum absolute atomic E-state index is 14.0. The zero-order valence-corrected chi connectivity index (χ0v) is 22.0. The number of aromatic nitrogens is 4. The first kappa shape index (κ1) is 26.7. The lowest BCUT2D eigenvalue weighted by atomic mass is 9.97. The van der Waals surface area contributed by atoms with Crippen LogP contribution in [0.5, 0.6) is 0 Å². The highest BCUT2D eigenvalue weighted by molar-refractivity contribution is 6.10. The Labute approximate surface area is 228 Å². The molecule has 0 aliphatic carbocycles. The van der Waals surface area contributed by atoms with E-state index in [0.29, 0.717) is 47.0 Å². The summed E-state index contributed by atoms with van der Waals surface area (Å²) in [6.07, 6.45) is -3.09. The molecule has 0 fully saturated rings. The number of alkyl halides is 3. The van der Waals surface area contributed by atoms with Crippen molar-refractivity contribution in [2.24, 2.45) is 7.05 Å². The number of nitriles is 1. The van der Waals surface area contributed by atoms with E-state index in [1.54, 1.807) is 55.2 Å².